The van der Waals surface area contributed by atoms with Crippen molar-refractivity contribution < 1.29 is 19.0 Å². The molecule has 0 spiro atoms. The second-order valence-electron chi connectivity index (χ2n) is 8.42. The van der Waals surface area contributed by atoms with E-state index in [0.29, 0.717) is 22.8 Å². The number of thiophene rings is 1. The third-order valence-electron chi connectivity index (χ3n) is 6.25. The van der Waals surface area contributed by atoms with Gasteiger partial charge in [-0.3, -0.25) is 14.4 Å². The zero-order valence-corrected chi connectivity index (χ0v) is 20.5. The molecule has 7 nitrogen and oxygen atoms in total. The number of ether oxygens (including phenoxy) is 1. The van der Waals surface area contributed by atoms with Crippen molar-refractivity contribution >= 4 is 23.0 Å². The van der Waals surface area contributed by atoms with E-state index in [0.717, 1.165) is 38.3 Å². The Morgan fingerprint density at radius 1 is 1.11 bits per heavy atom. The van der Waals surface area contributed by atoms with Gasteiger partial charge in [-0.15, -0.1) is 21.5 Å². The number of phenolic OH excluding ortho intramolecular Hbond substituents is 1. The van der Waals surface area contributed by atoms with Gasteiger partial charge in [-0.05, 0) is 44.0 Å². The fraction of sp³-hybridized carbons (Fsp3) is 0.231. The molecule has 0 saturated heterocycles. The topological polar surface area (TPSA) is 89.6 Å². The van der Waals surface area contributed by atoms with Gasteiger partial charge in [0.15, 0.2) is 5.82 Å². The zero-order valence-electron chi connectivity index (χ0n) is 19.7. The van der Waals surface area contributed by atoms with Gasteiger partial charge in [0.05, 0.1) is 19.2 Å². The minimum absolute atomic E-state index is 0.0297. The molecule has 0 unspecified atom stereocenters. The summed E-state index contributed by atoms with van der Waals surface area (Å²) in [5.41, 5.74) is 4.70. The number of aromatic hydroxyl groups is 1. The molecule has 0 amide bonds. The first kappa shape index (κ1) is 22.9. The van der Waals surface area contributed by atoms with Crippen molar-refractivity contribution in [3.05, 3.63) is 81.5 Å². The smallest absolute Gasteiger partial charge is 0.308 e. The molecule has 1 aliphatic heterocycles. The molecule has 0 saturated carbocycles. The van der Waals surface area contributed by atoms with E-state index < -0.39 is 11.9 Å². The maximum Gasteiger partial charge on any atom is 0.308 e. The average molecular weight is 491 g/mol. The van der Waals surface area contributed by atoms with Gasteiger partial charge in [0.25, 0.3) is 0 Å². The third kappa shape index (κ3) is 3.91. The number of phenols is 1. The van der Waals surface area contributed by atoms with Gasteiger partial charge in [0.2, 0.25) is 0 Å². The molecule has 178 valence electrons. The fourth-order valence-electron chi connectivity index (χ4n) is 4.31. The molecule has 1 aliphatic rings. The Hall–Kier alpha value is -3.85. The monoisotopic (exact) mass is 490 g/mol. The molecule has 2 aromatic carbocycles. The molecule has 5 rings (SSSR count). The molecule has 0 aliphatic carbocycles. The number of nitrogens with zero attached hydrogens (tertiary/aromatic N) is 4. The summed E-state index contributed by atoms with van der Waals surface area (Å²) in [5, 5.41) is 19.1. The predicted octanol–water partition coefficient (Wildman–Crippen LogP) is 5.22. The summed E-state index contributed by atoms with van der Waals surface area (Å²) in [6, 6.07) is 11.0. The summed E-state index contributed by atoms with van der Waals surface area (Å²) in [6.07, 6.45) is 0.0297. The minimum atomic E-state index is -0.577. The van der Waals surface area contributed by atoms with Gasteiger partial charge < -0.3 is 9.84 Å². The number of halogens is 1. The highest BCUT2D eigenvalue weighted by molar-refractivity contribution is 7.15. The number of aromatic nitrogens is 3. The van der Waals surface area contributed by atoms with Crippen LogP contribution >= 0.6 is 11.3 Å². The SMILES string of the molecule is COC(=O)C[C@@H]1N=C(c2ccc(-c3ccc(O)cc3F)cc2)c2c(sc(C)c2C)-n2c(C)nnc21. The van der Waals surface area contributed by atoms with Crippen LogP contribution in [0.3, 0.4) is 0 Å². The summed E-state index contributed by atoms with van der Waals surface area (Å²) in [7, 11) is 1.35. The molecule has 4 aromatic rings. The number of esters is 1. The lowest BCUT2D eigenvalue weighted by molar-refractivity contribution is -0.141. The van der Waals surface area contributed by atoms with Crippen molar-refractivity contribution in [1.29, 1.82) is 0 Å². The van der Waals surface area contributed by atoms with Gasteiger partial charge in [0.1, 0.15) is 28.4 Å². The molecule has 35 heavy (non-hydrogen) atoms. The van der Waals surface area contributed by atoms with Crippen molar-refractivity contribution in [2.45, 2.75) is 33.2 Å². The van der Waals surface area contributed by atoms with Gasteiger partial charge in [-0.1, -0.05) is 24.3 Å². The van der Waals surface area contributed by atoms with E-state index >= 15 is 0 Å². The second kappa shape index (κ2) is 8.74. The molecule has 1 atom stereocenters. The molecule has 1 N–H and O–H groups in total. The number of fused-ring (bicyclic) bond motifs is 3. The molecular weight excluding hydrogens is 467 g/mol. The van der Waals surface area contributed by atoms with Crippen LogP contribution in [-0.4, -0.2) is 38.7 Å². The molecule has 0 radical (unpaired) electrons. The molecule has 9 heteroatoms. The Bertz CT molecular complexity index is 1490. The number of methoxy groups -OCH3 is 1. The van der Waals surface area contributed by atoms with Gasteiger partial charge in [-0.2, -0.15) is 0 Å². The molecule has 0 bridgehead atoms. The minimum Gasteiger partial charge on any atom is -0.508 e. The quantitative estimate of drug-likeness (QED) is 0.396. The summed E-state index contributed by atoms with van der Waals surface area (Å²) in [4.78, 5) is 18.4. The fourth-order valence-corrected chi connectivity index (χ4v) is 5.53. The highest BCUT2D eigenvalue weighted by Crippen LogP contribution is 2.39. The Kier molecular flexibility index (Phi) is 5.72. The Morgan fingerprint density at radius 2 is 1.83 bits per heavy atom. The Balaban J connectivity index is 1.67. The van der Waals surface area contributed by atoms with Crippen LogP contribution in [0.1, 0.15) is 45.7 Å². The highest BCUT2D eigenvalue weighted by Gasteiger charge is 2.32. The first-order chi connectivity index (χ1) is 16.8. The number of hydrogen-bond donors (Lipinski definition) is 1. The van der Waals surface area contributed by atoms with Crippen LogP contribution in [0.25, 0.3) is 16.1 Å². The van der Waals surface area contributed by atoms with E-state index in [-0.39, 0.29) is 18.1 Å². The average Bonchev–Trinajstić information content (AvgIpc) is 3.31. The number of rotatable bonds is 4. The summed E-state index contributed by atoms with van der Waals surface area (Å²) < 4.78 is 21.3. The molecular formula is C26H23FN4O3S. The van der Waals surface area contributed by atoms with E-state index in [4.69, 9.17) is 9.73 Å². The lowest BCUT2D eigenvalue weighted by atomic mass is 9.97. The van der Waals surface area contributed by atoms with Crippen LogP contribution in [-0.2, 0) is 9.53 Å². The Labute approximate surface area is 205 Å². The Morgan fingerprint density at radius 3 is 2.51 bits per heavy atom. The standard InChI is InChI=1S/C26H23FN4O3S/c1-13-14(2)35-26-23(13)24(28-21(12-22(33)34-4)25-30-29-15(3)31(25)26)17-7-5-16(6-8-17)19-10-9-18(32)11-20(19)27/h5-11,21,32H,12H2,1-4H3/t21-/m0/s1. The normalized spacial score (nSPS) is 14.7. The van der Waals surface area contributed by atoms with E-state index in [1.807, 2.05) is 35.8 Å². The first-order valence-electron chi connectivity index (χ1n) is 11.0. The first-order valence-corrected chi connectivity index (χ1v) is 11.9. The summed E-state index contributed by atoms with van der Waals surface area (Å²) >= 11 is 1.63. The number of benzene rings is 2. The van der Waals surface area contributed by atoms with Crippen LogP contribution in [0.4, 0.5) is 4.39 Å². The van der Waals surface area contributed by atoms with Crippen molar-refractivity contribution in [1.82, 2.24) is 14.8 Å². The van der Waals surface area contributed by atoms with Crippen molar-refractivity contribution in [3.63, 3.8) is 0 Å². The number of hydrogen-bond acceptors (Lipinski definition) is 7. The van der Waals surface area contributed by atoms with Gasteiger partial charge in [-0.25, -0.2) is 4.39 Å². The summed E-state index contributed by atoms with van der Waals surface area (Å²) in [5.74, 6) is 0.301. The zero-order chi connectivity index (χ0) is 24.9. The molecule has 3 heterocycles. The van der Waals surface area contributed by atoms with Crippen LogP contribution in [0, 0.1) is 26.6 Å². The highest BCUT2D eigenvalue weighted by atomic mass is 32.1. The van der Waals surface area contributed by atoms with Crippen LogP contribution in [0.15, 0.2) is 47.5 Å². The van der Waals surface area contributed by atoms with Crippen LogP contribution in [0.2, 0.25) is 0 Å². The maximum atomic E-state index is 14.4. The number of carbonyl (C=O) groups is 1. The van der Waals surface area contributed by atoms with Crippen molar-refractivity contribution in [2.24, 2.45) is 4.99 Å². The maximum absolute atomic E-state index is 14.4. The number of aryl methyl sites for hydroxylation is 2. The lowest BCUT2D eigenvalue weighted by Crippen LogP contribution is -2.12. The van der Waals surface area contributed by atoms with E-state index in [2.05, 4.69) is 24.0 Å². The van der Waals surface area contributed by atoms with Gasteiger partial charge in [0, 0.05) is 27.6 Å². The molecule has 2 aromatic heterocycles. The van der Waals surface area contributed by atoms with E-state index in [1.54, 1.807) is 17.4 Å². The van der Waals surface area contributed by atoms with Crippen LogP contribution < -0.4 is 0 Å². The predicted molar refractivity (Wildman–Crippen MR) is 132 cm³/mol. The summed E-state index contributed by atoms with van der Waals surface area (Å²) in [6.45, 7) is 6.00. The van der Waals surface area contributed by atoms with E-state index in [1.165, 1.54) is 13.2 Å². The van der Waals surface area contributed by atoms with Crippen molar-refractivity contribution in [2.75, 3.05) is 7.11 Å². The van der Waals surface area contributed by atoms with Crippen molar-refractivity contribution in [3.8, 4) is 21.9 Å². The third-order valence-corrected chi connectivity index (χ3v) is 7.44. The van der Waals surface area contributed by atoms with Crippen LogP contribution in [0.5, 0.6) is 5.75 Å². The largest absolute Gasteiger partial charge is 0.508 e. The lowest BCUT2D eigenvalue weighted by Gasteiger charge is -2.12. The second-order valence-corrected chi connectivity index (χ2v) is 9.62. The number of aliphatic imine (C=N–C) groups is 1. The molecule has 0 fully saturated rings. The van der Waals surface area contributed by atoms with E-state index in [9.17, 15) is 14.3 Å². The van der Waals surface area contributed by atoms with Gasteiger partial charge >= 0.3 is 5.97 Å². The number of carbonyl (C=O) groups excluding carboxylic acids is 1.